The molecule has 1 atom stereocenters. The Hall–Kier alpha value is -6.17. The summed E-state index contributed by atoms with van der Waals surface area (Å²) in [5.41, 5.74) is 4.02. The van der Waals surface area contributed by atoms with E-state index in [1.807, 2.05) is 45.0 Å². The van der Waals surface area contributed by atoms with Gasteiger partial charge in [0.1, 0.15) is 23.3 Å². The average molecular weight is 873 g/mol. The first-order valence-corrected chi connectivity index (χ1v) is 21.7. The van der Waals surface area contributed by atoms with Gasteiger partial charge in [-0.25, -0.2) is 4.98 Å². The van der Waals surface area contributed by atoms with Crippen LogP contribution < -0.4 is 20.3 Å². The first-order valence-electron chi connectivity index (χ1n) is 21.6. The minimum absolute atomic E-state index is 0.0146. The van der Waals surface area contributed by atoms with Crippen LogP contribution in [0.25, 0.3) is 10.2 Å². The molecule has 0 aliphatic heterocycles. The molecule has 0 bridgehead atoms. The number of nitrogens with one attached hydrogen (secondary N) is 2. The zero-order valence-electron chi connectivity index (χ0n) is 36.9. The van der Waals surface area contributed by atoms with Crippen molar-refractivity contribution in [3.63, 3.8) is 0 Å². The molecule has 62 heavy (non-hydrogen) atoms. The number of ketones is 1. The van der Waals surface area contributed by atoms with Crippen molar-refractivity contribution in [1.29, 1.82) is 0 Å². The summed E-state index contributed by atoms with van der Waals surface area (Å²) in [6.45, 7) is 7.66. The number of nitrogens with zero attached hydrogens (tertiary/aromatic N) is 7. The number of nitro benzene ring substituents is 1. The van der Waals surface area contributed by atoms with E-state index in [1.165, 1.54) is 30.6 Å². The van der Waals surface area contributed by atoms with Crippen LogP contribution in [0.2, 0.25) is 0 Å². The van der Waals surface area contributed by atoms with E-state index < -0.39 is 17.0 Å². The number of amides is 2. The van der Waals surface area contributed by atoms with Crippen LogP contribution in [0.1, 0.15) is 98.3 Å². The van der Waals surface area contributed by atoms with E-state index in [2.05, 4.69) is 41.0 Å². The van der Waals surface area contributed by atoms with Crippen molar-refractivity contribution in [2.75, 3.05) is 38.2 Å². The zero-order chi connectivity index (χ0) is 45.6. The number of fused-ring (bicyclic) bond motifs is 1. The van der Waals surface area contributed by atoms with Gasteiger partial charge in [-0.1, -0.05) is 37.5 Å². The SMILES string of the molecule is [2H]CC(CNC(=O)CCCCCCC(=O)CCN(CC)c1ccc(N=Nc2cc(C)c(N=Nc3nc4ccc([N+](=O)[O-])cc4s3)cc2OC)cc1)OC(=O)CCC(=O)NCCCC. The van der Waals surface area contributed by atoms with E-state index in [0.717, 1.165) is 49.9 Å². The molecule has 1 unspecified atom stereocenters. The third kappa shape index (κ3) is 16.4. The number of ether oxygens (including phenoxy) is 2. The number of nitro groups is 1. The molecule has 3 aromatic carbocycles. The van der Waals surface area contributed by atoms with Gasteiger partial charge in [0, 0.05) is 70.6 Å². The maximum Gasteiger partial charge on any atom is 0.306 e. The molecule has 0 saturated carbocycles. The largest absolute Gasteiger partial charge is 0.494 e. The van der Waals surface area contributed by atoms with Crippen molar-refractivity contribution in [2.45, 2.75) is 104 Å². The van der Waals surface area contributed by atoms with E-state index in [9.17, 15) is 29.3 Å². The van der Waals surface area contributed by atoms with Gasteiger partial charge in [-0.05, 0) is 82.0 Å². The van der Waals surface area contributed by atoms with E-state index >= 15 is 0 Å². The maximum absolute atomic E-state index is 12.7. The van der Waals surface area contributed by atoms with Gasteiger partial charge in [0.15, 0.2) is 0 Å². The number of benzene rings is 3. The van der Waals surface area contributed by atoms with Crippen LogP contribution in [0.3, 0.4) is 0 Å². The van der Waals surface area contributed by atoms with Gasteiger partial charge in [-0.2, -0.15) is 5.11 Å². The fourth-order valence-corrected chi connectivity index (χ4v) is 6.95. The molecule has 0 saturated heterocycles. The van der Waals surface area contributed by atoms with Crippen molar-refractivity contribution in [3.05, 3.63) is 70.3 Å². The van der Waals surface area contributed by atoms with Crippen LogP contribution in [0.15, 0.2) is 75.1 Å². The fraction of sp³-hybridized carbons (Fsp3) is 0.477. The second kappa shape index (κ2) is 25.6. The van der Waals surface area contributed by atoms with Crippen molar-refractivity contribution in [1.82, 2.24) is 15.6 Å². The standard InChI is InChI=1S/C44H57N9O8S/c1-6-8-24-45-42(56)21-22-43(57)61-31(4)29-46-41(55)14-12-10-9-11-13-35(54)23-25-52(7-2)33-17-15-32(16-18-33)48-50-38-26-30(3)37(28-39(38)60-5)49-51-44-47-36-20-19-34(53(58)59)27-40(36)62-44/h15-20,26-28,31H,6-14,21-25,29H2,1-5H3,(H,45,56)(H,46,55)/i4D. The molecule has 0 spiro atoms. The lowest BCUT2D eigenvalue weighted by Crippen LogP contribution is -2.33. The van der Waals surface area contributed by atoms with Crippen LogP contribution >= 0.6 is 11.3 Å². The minimum Gasteiger partial charge on any atom is -0.494 e. The highest BCUT2D eigenvalue weighted by molar-refractivity contribution is 7.21. The molecular formula is C44H57N9O8S. The van der Waals surface area contributed by atoms with Crippen molar-refractivity contribution in [3.8, 4) is 5.75 Å². The highest BCUT2D eigenvalue weighted by atomic mass is 32.1. The number of aromatic nitrogens is 1. The van der Waals surface area contributed by atoms with E-state index in [0.29, 0.717) is 76.9 Å². The normalized spacial score (nSPS) is 12.0. The number of hydrogen-bond acceptors (Lipinski definition) is 15. The first-order chi connectivity index (χ1) is 30.4. The van der Waals surface area contributed by atoms with E-state index in [1.54, 1.807) is 18.2 Å². The van der Waals surface area contributed by atoms with Gasteiger partial charge >= 0.3 is 5.97 Å². The van der Waals surface area contributed by atoms with Crippen molar-refractivity contribution >= 4 is 78.7 Å². The third-order valence-electron chi connectivity index (χ3n) is 9.69. The summed E-state index contributed by atoms with van der Waals surface area (Å²) in [5.74, 6) is -0.329. The lowest BCUT2D eigenvalue weighted by atomic mass is 10.1. The number of azo groups is 2. The second-order valence-electron chi connectivity index (χ2n) is 14.5. The number of non-ortho nitro benzene ring substituents is 1. The van der Waals surface area contributed by atoms with Crippen LogP contribution in [0.4, 0.5) is 33.6 Å². The maximum atomic E-state index is 12.7. The number of esters is 1. The van der Waals surface area contributed by atoms with Gasteiger partial charge in [-0.15, -0.1) is 15.3 Å². The van der Waals surface area contributed by atoms with Crippen molar-refractivity contribution in [2.24, 2.45) is 20.5 Å². The lowest BCUT2D eigenvalue weighted by Gasteiger charge is -2.22. The monoisotopic (exact) mass is 872 g/mol. The summed E-state index contributed by atoms with van der Waals surface area (Å²) < 4.78 is 19.1. The molecule has 0 fully saturated rings. The highest BCUT2D eigenvalue weighted by Crippen LogP contribution is 2.38. The molecular weight excluding hydrogens is 815 g/mol. The Kier molecular flexibility index (Phi) is 19.3. The Morgan fingerprint density at radius 3 is 2.32 bits per heavy atom. The molecule has 18 heteroatoms. The Morgan fingerprint density at radius 2 is 1.61 bits per heavy atom. The third-order valence-corrected chi connectivity index (χ3v) is 10.6. The summed E-state index contributed by atoms with van der Waals surface area (Å²) in [6, 6.07) is 15.6. The quantitative estimate of drug-likeness (QED) is 0.0190. The summed E-state index contributed by atoms with van der Waals surface area (Å²) >= 11 is 1.21. The molecule has 0 radical (unpaired) electrons. The Labute approximate surface area is 367 Å². The zero-order valence-corrected chi connectivity index (χ0v) is 36.7. The topological polar surface area (TPSA) is 220 Å². The Balaban J connectivity index is 1.14. The first kappa shape index (κ1) is 46.9. The number of unbranched alkanes of at least 4 members (excludes halogenated alkanes) is 4. The predicted octanol–water partition coefficient (Wildman–Crippen LogP) is 10.2. The van der Waals surface area contributed by atoms with E-state index in [-0.39, 0.29) is 49.6 Å². The average Bonchev–Trinajstić information content (AvgIpc) is 3.70. The number of rotatable bonds is 27. The predicted molar refractivity (Wildman–Crippen MR) is 240 cm³/mol. The summed E-state index contributed by atoms with van der Waals surface area (Å²) in [7, 11) is 1.53. The summed E-state index contributed by atoms with van der Waals surface area (Å²) in [4.78, 5) is 66.1. The number of methoxy groups -OCH3 is 1. The second-order valence-corrected chi connectivity index (χ2v) is 15.5. The number of aryl methyl sites for hydroxylation is 1. The van der Waals surface area contributed by atoms with Crippen LogP contribution in [-0.2, 0) is 23.9 Å². The van der Waals surface area contributed by atoms with Gasteiger partial charge in [0.25, 0.3) is 5.69 Å². The number of hydrogen-bond donors (Lipinski definition) is 2. The highest BCUT2D eigenvalue weighted by Gasteiger charge is 2.15. The number of carbonyl (C=O) groups is 4. The van der Waals surface area contributed by atoms with Crippen LogP contribution in [0.5, 0.6) is 5.75 Å². The molecule has 2 N–H and O–H groups in total. The number of Topliss-reactive ketones (excluding diaryl/α,β-unsaturated/α-hetero) is 1. The Morgan fingerprint density at radius 1 is 0.871 bits per heavy atom. The molecule has 4 aromatic rings. The number of anilines is 1. The van der Waals surface area contributed by atoms with Gasteiger partial charge in [0.2, 0.25) is 16.9 Å². The molecule has 2 amide bonds. The van der Waals surface area contributed by atoms with Crippen LogP contribution in [0, 0.1) is 17.0 Å². The molecule has 1 aromatic heterocycles. The number of carbonyl (C=O) groups excluding carboxylic acids is 4. The molecule has 17 nitrogen and oxygen atoms in total. The minimum atomic E-state index is -0.773. The summed E-state index contributed by atoms with van der Waals surface area (Å²) in [6.07, 6.45) is 5.25. The van der Waals surface area contributed by atoms with Crippen LogP contribution in [-0.4, -0.2) is 72.9 Å². The van der Waals surface area contributed by atoms with Gasteiger partial charge < -0.3 is 25.0 Å². The molecule has 0 aliphatic carbocycles. The molecule has 1 heterocycles. The summed E-state index contributed by atoms with van der Waals surface area (Å²) in [5, 5.41) is 34.4. The van der Waals surface area contributed by atoms with E-state index in [4.69, 9.17) is 10.8 Å². The lowest BCUT2D eigenvalue weighted by molar-refractivity contribution is -0.384. The Bertz CT molecular complexity index is 2220. The molecule has 0 aliphatic rings. The van der Waals surface area contributed by atoms with Gasteiger partial charge in [0.05, 0.1) is 46.6 Å². The molecule has 332 valence electrons. The fourth-order valence-electron chi connectivity index (χ4n) is 6.13. The molecule has 4 rings (SSSR count). The van der Waals surface area contributed by atoms with Gasteiger partial charge in [-0.3, -0.25) is 29.3 Å². The number of thiazole rings is 1. The smallest absolute Gasteiger partial charge is 0.306 e. The van der Waals surface area contributed by atoms with Crippen molar-refractivity contribution < 1.29 is 34.9 Å².